The van der Waals surface area contributed by atoms with Gasteiger partial charge in [0.1, 0.15) is 0 Å². The van der Waals surface area contributed by atoms with Gasteiger partial charge in [-0.05, 0) is 37.5 Å². The zero-order valence-corrected chi connectivity index (χ0v) is 12.9. The molecule has 0 unspecified atom stereocenters. The van der Waals surface area contributed by atoms with E-state index in [4.69, 9.17) is 0 Å². The molecule has 2 aromatic rings. The maximum Gasteiger partial charge on any atom is 0.277 e. The molecule has 0 amide bonds. The van der Waals surface area contributed by atoms with Gasteiger partial charge in [-0.3, -0.25) is 9.59 Å². The topological polar surface area (TPSA) is 52.0 Å². The molecule has 0 atom stereocenters. The van der Waals surface area contributed by atoms with Crippen LogP contribution in [0.5, 0.6) is 0 Å². The fourth-order valence-electron chi connectivity index (χ4n) is 2.26. The molecule has 0 aliphatic heterocycles. The van der Waals surface area contributed by atoms with E-state index in [-0.39, 0.29) is 17.0 Å². The standard InChI is InChI=1S/C17H20N2O2/c1-11(2)9-19-17(21)14(10-20)8-16(18-19)15-7-12(3)5-6-13(15)4/h5-8,10-11H,9H2,1-4H3. The number of carbonyl (C=O) groups excluding carboxylic acids is 1. The van der Waals surface area contributed by atoms with E-state index in [1.54, 1.807) is 6.07 Å². The maximum atomic E-state index is 12.1. The van der Waals surface area contributed by atoms with Crippen LogP contribution in [-0.4, -0.2) is 16.1 Å². The van der Waals surface area contributed by atoms with Gasteiger partial charge < -0.3 is 0 Å². The molecule has 0 spiro atoms. The molecule has 0 radical (unpaired) electrons. The minimum absolute atomic E-state index is 0.154. The summed E-state index contributed by atoms with van der Waals surface area (Å²) in [6.45, 7) is 8.53. The van der Waals surface area contributed by atoms with E-state index in [1.807, 2.05) is 45.9 Å². The van der Waals surface area contributed by atoms with Crippen LogP contribution >= 0.6 is 0 Å². The lowest BCUT2D eigenvalue weighted by Gasteiger charge is -2.12. The lowest BCUT2D eigenvalue weighted by molar-refractivity contribution is 0.112. The highest BCUT2D eigenvalue weighted by Crippen LogP contribution is 2.22. The van der Waals surface area contributed by atoms with E-state index >= 15 is 0 Å². The third-order valence-electron chi connectivity index (χ3n) is 3.34. The average molecular weight is 284 g/mol. The summed E-state index contributed by atoms with van der Waals surface area (Å²) >= 11 is 0. The van der Waals surface area contributed by atoms with Gasteiger partial charge in [-0.1, -0.05) is 31.5 Å². The number of benzene rings is 1. The first-order valence-corrected chi connectivity index (χ1v) is 7.07. The molecule has 0 saturated heterocycles. The minimum atomic E-state index is -0.326. The Bertz CT molecular complexity index is 730. The smallest absolute Gasteiger partial charge is 0.277 e. The zero-order chi connectivity index (χ0) is 15.6. The molecule has 2 rings (SSSR count). The van der Waals surface area contributed by atoms with Crippen LogP contribution in [0.25, 0.3) is 11.3 Å². The molecule has 1 aromatic carbocycles. The summed E-state index contributed by atoms with van der Waals surface area (Å²) in [5, 5.41) is 4.44. The van der Waals surface area contributed by atoms with Gasteiger partial charge in [0.15, 0.2) is 6.29 Å². The average Bonchev–Trinajstić information content (AvgIpc) is 2.43. The second-order valence-electron chi connectivity index (χ2n) is 5.80. The van der Waals surface area contributed by atoms with Crippen LogP contribution in [0.3, 0.4) is 0 Å². The SMILES string of the molecule is Cc1ccc(C)c(-c2cc(C=O)c(=O)n(CC(C)C)n2)c1. The minimum Gasteiger partial charge on any atom is -0.298 e. The highest BCUT2D eigenvalue weighted by Gasteiger charge is 2.12. The lowest BCUT2D eigenvalue weighted by atomic mass is 10.0. The van der Waals surface area contributed by atoms with E-state index in [1.165, 1.54) is 4.68 Å². The molecule has 0 bridgehead atoms. The monoisotopic (exact) mass is 284 g/mol. The molecule has 0 fully saturated rings. The van der Waals surface area contributed by atoms with Gasteiger partial charge in [-0.15, -0.1) is 0 Å². The van der Waals surface area contributed by atoms with Crippen molar-refractivity contribution in [1.29, 1.82) is 0 Å². The first-order valence-electron chi connectivity index (χ1n) is 7.07. The molecule has 0 aliphatic rings. The van der Waals surface area contributed by atoms with Crippen LogP contribution in [0.4, 0.5) is 0 Å². The van der Waals surface area contributed by atoms with Crippen molar-refractivity contribution in [3.05, 3.63) is 51.3 Å². The number of carbonyl (C=O) groups is 1. The van der Waals surface area contributed by atoms with Gasteiger partial charge in [0.2, 0.25) is 0 Å². The fourth-order valence-corrected chi connectivity index (χ4v) is 2.26. The van der Waals surface area contributed by atoms with Crippen molar-refractivity contribution < 1.29 is 4.79 Å². The van der Waals surface area contributed by atoms with Crippen molar-refractivity contribution in [1.82, 2.24) is 9.78 Å². The summed E-state index contributed by atoms with van der Waals surface area (Å²) < 4.78 is 1.39. The summed E-state index contributed by atoms with van der Waals surface area (Å²) in [7, 11) is 0. The molecule has 0 N–H and O–H groups in total. The Morgan fingerprint density at radius 3 is 2.57 bits per heavy atom. The molecule has 1 aromatic heterocycles. The number of aromatic nitrogens is 2. The van der Waals surface area contributed by atoms with Gasteiger partial charge in [-0.25, -0.2) is 4.68 Å². The predicted molar refractivity (Wildman–Crippen MR) is 83.6 cm³/mol. The molecule has 4 nitrogen and oxygen atoms in total. The summed E-state index contributed by atoms with van der Waals surface area (Å²) in [6.07, 6.45) is 0.607. The Morgan fingerprint density at radius 2 is 1.95 bits per heavy atom. The van der Waals surface area contributed by atoms with Gasteiger partial charge >= 0.3 is 0 Å². The Labute approximate surface area is 124 Å². The zero-order valence-electron chi connectivity index (χ0n) is 12.9. The molecule has 0 aliphatic carbocycles. The third kappa shape index (κ3) is 3.27. The third-order valence-corrected chi connectivity index (χ3v) is 3.34. The van der Waals surface area contributed by atoms with Gasteiger partial charge in [0.25, 0.3) is 5.56 Å². The van der Waals surface area contributed by atoms with E-state index in [9.17, 15) is 9.59 Å². The number of aryl methyl sites for hydroxylation is 2. The van der Waals surface area contributed by atoms with Crippen molar-refractivity contribution in [3.8, 4) is 11.3 Å². The van der Waals surface area contributed by atoms with Crippen LogP contribution in [0.1, 0.15) is 35.3 Å². The van der Waals surface area contributed by atoms with Crippen LogP contribution < -0.4 is 5.56 Å². The molecule has 1 heterocycles. The van der Waals surface area contributed by atoms with Crippen LogP contribution in [0.2, 0.25) is 0 Å². The van der Waals surface area contributed by atoms with Crippen LogP contribution in [0, 0.1) is 19.8 Å². The van der Waals surface area contributed by atoms with Crippen molar-refractivity contribution in [2.24, 2.45) is 5.92 Å². The van der Waals surface area contributed by atoms with E-state index in [2.05, 4.69) is 5.10 Å². The predicted octanol–water partition coefficient (Wildman–Crippen LogP) is 3.00. The highest BCUT2D eigenvalue weighted by atomic mass is 16.1. The Kier molecular flexibility index (Phi) is 4.36. The van der Waals surface area contributed by atoms with E-state index in [0.717, 1.165) is 16.7 Å². The molecular weight excluding hydrogens is 264 g/mol. The lowest BCUT2D eigenvalue weighted by Crippen LogP contribution is -2.28. The largest absolute Gasteiger partial charge is 0.298 e. The molecule has 4 heteroatoms. The van der Waals surface area contributed by atoms with Crippen LogP contribution in [-0.2, 0) is 6.54 Å². The first kappa shape index (κ1) is 15.2. The molecule has 0 saturated carbocycles. The first-order chi connectivity index (χ1) is 9.92. The second kappa shape index (κ2) is 6.04. The number of hydrogen-bond donors (Lipinski definition) is 0. The Morgan fingerprint density at radius 1 is 1.24 bits per heavy atom. The normalized spacial score (nSPS) is 10.9. The second-order valence-corrected chi connectivity index (χ2v) is 5.80. The quantitative estimate of drug-likeness (QED) is 0.811. The summed E-state index contributed by atoms with van der Waals surface area (Å²) in [6, 6.07) is 7.65. The summed E-state index contributed by atoms with van der Waals surface area (Å²) in [5.74, 6) is 0.281. The molecule has 110 valence electrons. The van der Waals surface area contributed by atoms with Gasteiger partial charge in [-0.2, -0.15) is 5.10 Å². The van der Waals surface area contributed by atoms with Crippen molar-refractivity contribution >= 4 is 6.29 Å². The van der Waals surface area contributed by atoms with Gasteiger partial charge in [0, 0.05) is 12.1 Å². The van der Waals surface area contributed by atoms with Crippen molar-refractivity contribution in [3.63, 3.8) is 0 Å². The number of rotatable bonds is 4. The molecular formula is C17H20N2O2. The summed E-state index contributed by atoms with van der Waals surface area (Å²) in [5.41, 5.74) is 3.63. The number of nitrogens with zero attached hydrogens (tertiary/aromatic N) is 2. The van der Waals surface area contributed by atoms with Crippen molar-refractivity contribution in [2.75, 3.05) is 0 Å². The van der Waals surface area contributed by atoms with E-state index in [0.29, 0.717) is 18.5 Å². The van der Waals surface area contributed by atoms with Crippen LogP contribution in [0.15, 0.2) is 29.1 Å². The van der Waals surface area contributed by atoms with E-state index < -0.39 is 0 Å². The summed E-state index contributed by atoms with van der Waals surface area (Å²) in [4.78, 5) is 23.3. The number of hydrogen-bond acceptors (Lipinski definition) is 3. The maximum absolute atomic E-state index is 12.1. The Balaban J connectivity index is 2.66. The van der Waals surface area contributed by atoms with Crippen molar-refractivity contribution in [2.45, 2.75) is 34.2 Å². The fraction of sp³-hybridized carbons (Fsp3) is 0.353. The highest BCUT2D eigenvalue weighted by molar-refractivity contribution is 5.77. The molecule has 21 heavy (non-hydrogen) atoms. The Hall–Kier alpha value is -2.23. The van der Waals surface area contributed by atoms with Gasteiger partial charge in [0.05, 0.1) is 11.3 Å². The number of aldehydes is 1.